The Bertz CT molecular complexity index is 671. The quantitative estimate of drug-likeness (QED) is 0.830. The van der Waals surface area contributed by atoms with Crippen LogP contribution < -0.4 is 15.8 Å². The van der Waals surface area contributed by atoms with Gasteiger partial charge < -0.3 is 15.8 Å². The van der Waals surface area contributed by atoms with Gasteiger partial charge in [-0.3, -0.25) is 4.79 Å². The number of nitrogens with two attached hydrogens (primary N) is 1. The smallest absolute Gasteiger partial charge is 0.228 e. The molecule has 0 unspecified atom stereocenters. The predicted octanol–water partition coefficient (Wildman–Crippen LogP) is 3.53. The average molecular weight is 349 g/mol. The minimum atomic E-state index is -0.122. The molecule has 0 aromatic heterocycles. The first kappa shape index (κ1) is 15.4. The molecule has 0 atom stereocenters. The normalized spacial score (nSPS) is 10.2. The van der Waals surface area contributed by atoms with E-state index in [2.05, 4.69) is 21.2 Å². The van der Waals surface area contributed by atoms with Crippen molar-refractivity contribution in [1.29, 1.82) is 0 Å². The third-order valence-electron chi connectivity index (χ3n) is 3.17. The molecule has 0 heterocycles. The number of carbonyl (C=O) groups is 1. The summed E-state index contributed by atoms with van der Waals surface area (Å²) in [6.07, 6.45) is 0.240. The van der Waals surface area contributed by atoms with Crippen molar-refractivity contribution in [2.75, 3.05) is 18.2 Å². The fourth-order valence-corrected chi connectivity index (χ4v) is 2.56. The minimum absolute atomic E-state index is 0.122. The highest BCUT2D eigenvalue weighted by molar-refractivity contribution is 9.10. The zero-order chi connectivity index (χ0) is 15.4. The Balaban J connectivity index is 2.14. The molecular formula is C16H17BrN2O2. The number of rotatable bonds is 4. The van der Waals surface area contributed by atoms with Gasteiger partial charge in [-0.15, -0.1) is 0 Å². The zero-order valence-electron chi connectivity index (χ0n) is 11.9. The second-order valence-electron chi connectivity index (χ2n) is 4.73. The molecule has 0 spiro atoms. The number of hydrogen-bond acceptors (Lipinski definition) is 3. The lowest BCUT2D eigenvalue weighted by molar-refractivity contribution is -0.115. The van der Waals surface area contributed by atoms with Gasteiger partial charge in [0.25, 0.3) is 0 Å². The van der Waals surface area contributed by atoms with Gasteiger partial charge in [0.15, 0.2) is 0 Å². The van der Waals surface area contributed by atoms with Gasteiger partial charge in [-0.05, 0) is 46.6 Å². The molecule has 0 saturated carbocycles. The fraction of sp³-hybridized carbons (Fsp3) is 0.188. The highest BCUT2D eigenvalue weighted by Gasteiger charge is 2.11. The largest absolute Gasteiger partial charge is 0.496 e. The molecule has 0 aliphatic rings. The molecule has 3 N–H and O–H groups in total. The van der Waals surface area contributed by atoms with Crippen LogP contribution in [-0.2, 0) is 11.2 Å². The van der Waals surface area contributed by atoms with Gasteiger partial charge in [0, 0.05) is 15.7 Å². The van der Waals surface area contributed by atoms with E-state index in [4.69, 9.17) is 10.5 Å². The van der Waals surface area contributed by atoms with Gasteiger partial charge in [0.05, 0.1) is 19.2 Å². The Morgan fingerprint density at radius 1 is 1.33 bits per heavy atom. The van der Waals surface area contributed by atoms with Crippen molar-refractivity contribution in [2.24, 2.45) is 0 Å². The number of hydrogen-bond donors (Lipinski definition) is 2. The molecule has 0 fully saturated rings. The number of benzene rings is 2. The number of ether oxygens (including phenoxy) is 1. The standard InChI is InChI=1S/C16H17BrN2O2/c1-10-7-12(17)14(9-13(10)18)19-16(20)8-11-5-3-4-6-15(11)21-2/h3-7,9H,8,18H2,1-2H3,(H,19,20). The summed E-state index contributed by atoms with van der Waals surface area (Å²) >= 11 is 3.43. The summed E-state index contributed by atoms with van der Waals surface area (Å²) in [7, 11) is 1.59. The SMILES string of the molecule is COc1ccccc1CC(=O)Nc1cc(N)c(C)cc1Br. The van der Waals surface area contributed by atoms with E-state index in [9.17, 15) is 4.79 Å². The van der Waals surface area contributed by atoms with E-state index in [1.54, 1.807) is 13.2 Å². The number of nitrogens with one attached hydrogen (secondary N) is 1. The number of halogens is 1. The molecule has 4 nitrogen and oxygen atoms in total. The maximum atomic E-state index is 12.2. The van der Waals surface area contributed by atoms with Crippen LogP contribution in [0, 0.1) is 6.92 Å². The second-order valence-corrected chi connectivity index (χ2v) is 5.58. The molecule has 0 aliphatic heterocycles. The number of amides is 1. The predicted molar refractivity (Wildman–Crippen MR) is 88.6 cm³/mol. The molecule has 2 aromatic rings. The van der Waals surface area contributed by atoms with E-state index in [0.29, 0.717) is 17.1 Å². The Labute approximate surface area is 132 Å². The van der Waals surface area contributed by atoms with Crippen molar-refractivity contribution in [3.05, 3.63) is 52.0 Å². The molecule has 1 amide bonds. The van der Waals surface area contributed by atoms with Crippen LogP contribution in [0.4, 0.5) is 11.4 Å². The maximum Gasteiger partial charge on any atom is 0.228 e. The highest BCUT2D eigenvalue weighted by atomic mass is 79.9. The third kappa shape index (κ3) is 3.76. The number of anilines is 2. The molecule has 110 valence electrons. The van der Waals surface area contributed by atoms with E-state index in [-0.39, 0.29) is 12.3 Å². The van der Waals surface area contributed by atoms with Crippen LogP contribution in [0.3, 0.4) is 0 Å². The summed E-state index contributed by atoms with van der Waals surface area (Å²) in [5.41, 5.74) is 8.98. The lowest BCUT2D eigenvalue weighted by atomic mass is 10.1. The van der Waals surface area contributed by atoms with Crippen LogP contribution in [0.25, 0.3) is 0 Å². The Morgan fingerprint density at radius 2 is 2.05 bits per heavy atom. The maximum absolute atomic E-state index is 12.2. The van der Waals surface area contributed by atoms with Crippen LogP contribution >= 0.6 is 15.9 Å². The van der Waals surface area contributed by atoms with Gasteiger partial charge in [-0.25, -0.2) is 0 Å². The summed E-state index contributed by atoms with van der Waals surface area (Å²) in [4.78, 5) is 12.2. The van der Waals surface area contributed by atoms with Crippen LogP contribution in [-0.4, -0.2) is 13.0 Å². The van der Waals surface area contributed by atoms with Gasteiger partial charge in [0.1, 0.15) is 5.75 Å². The average Bonchev–Trinajstić information content (AvgIpc) is 2.45. The van der Waals surface area contributed by atoms with Crippen molar-refractivity contribution in [1.82, 2.24) is 0 Å². The Hall–Kier alpha value is -2.01. The minimum Gasteiger partial charge on any atom is -0.496 e. The third-order valence-corrected chi connectivity index (χ3v) is 3.83. The Kier molecular flexibility index (Phi) is 4.85. The van der Waals surface area contributed by atoms with Crippen LogP contribution in [0.15, 0.2) is 40.9 Å². The Morgan fingerprint density at radius 3 is 2.76 bits per heavy atom. The number of nitrogen functional groups attached to an aromatic ring is 1. The molecule has 2 aromatic carbocycles. The first-order valence-electron chi connectivity index (χ1n) is 6.48. The van der Waals surface area contributed by atoms with Crippen molar-refractivity contribution in [3.8, 4) is 5.75 Å². The molecule has 0 radical (unpaired) electrons. The lowest BCUT2D eigenvalue weighted by Crippen LogP contribution is -2.15. The molecular weight excluding hydrogens is 332 g/mol. The number of methoxy groups -OCH3 is 1. The van der Waals surface area contributed by atoms with Gasteiger partial charge >= 0.3 is 0 Å². The number of carbonyl (C=O) groups excluding carboxylic acids is 1. The van der Waals surface area contributed by atoms with E-state index in [1.165, 1.54) is 0 Å². The molecule has 21 heavy (non-hydrogen) atoms. The van der Waals surface area contributed by atoms with Gasteiger partial charge in [-0.1, -0.05) is 18.2 Å². The van der Waals surface area contributed by atoms with E-state index < -0.39 is 0 Å². The summed E-state index contributed by atoms with van der Waals surface area (Å²) in [6, 6.07) is 11.1. The van der Waals surface area contributed by atoms with Crippen LogP contribution in [0.2, 0.25) is 0 Å². The lowest BCUT2D eigenvalue weighted by Gasteiger charge is -2.11. The zero-order valence-corrected chi connectivity index (χ0v) is 13.5. The van der Waals surface area contributed by atoms with E-state index >= 15 is 0 Å². The van der Waals surface area contributed by atoms with E-state index in [1.807, 2.05) is 37.3 Å². The van der Waals surface area contributed by atoms with Gasteiger partial charge in [0.2, 0.25) is 5.91 Å². The van der Waals surface area contributed by atoms with Crippen LogP contribution in [0.5, 0.6) is 5.75 Å². The number of para-hydroxylation sites is 1. The van der Waals surface area contributed by atoms with Crippen molar-refractivity contribution in [3.63, 3.8) is 0 Å². The highest BCUT2D eigenvalue weighted by Crippen LogP contribution is 2.28. The summed E-state index contributed by atoms with van der Waals surface area (Å²) < 4.78 is 6.05. The summed E-state index contributed by atoms with van der Waals surface area (Å²) in [5, 5.41) is 2.86. The van der Waals surface area contributed by atoms with Gasteiger partial charge in [-0.2, -0.15) is 0 Å². The second kappa shape index (κ2) is 6.63. The summed E-state index contributed by atoms with van der Waals surface area (Å²) in [6.45, 7) is 1.92. The number of aryl methyl sites for hydroxylation is 1. The van der Waals surface area contributed by atoms with Crippen molar-refractivity contribution in [2.45, 2.75) is 13.3 Å². The molecule has 2 rings (SSSR count). The first-order chi connectivity index (χ1) is 10.0. The fourth-order valence-electron chi connectivity index (χ4n) is 2.00. The van der Waals surface area contributed by atoms with E-state index in [0.717, 1.165) is 15.6 Å². The molecule has 0 bridgehead atoms. The first-order valence-corrected chi connectivity index (χ1v) is 7.28. The summed E-state index contributed by atoms with van der Waals surface area (Å²) in [5.74, 6) is 0.582. The molecule has 0 aliphatic carbocycles. The molecule has 5 heteroatoms. The molecule has 0 saturated heterocycles. The van der Waals surface area contributed by atoms with Crippen molar-refractivity contribution >= 4 is 33.2 Å². The monoisotopic (exact) mass is 348 g/mol. The topological polar surface area (TPSA) is 64.3 Å². The van der Waals surface area contributed by atoms with Crippen LogP contribution in [0.1, 0.15) is 11.1 Å². The van der Waals surface area contributed by atoms with Crippen molar-refractivity contribution < 1.29 is 9.53 Å².